The van der Waals surface area contributed by atoms with Crippen LogP contribution < -0.4 is 0 Å². The van der Waals surface area contributed by atoms with Crippen LogP contribution in [0.2, 0.25) is 0 Å². The highest BCUT2D eigenvalue weighted by Gasteiger charge is 2.25. The second-order valence-corrected chi connectivity index (χ2v) is 10.7. The lowest BCUT2D eigenvalue weighted by Gasteiger charge is -2.11. The van der Waals surface area contributed by atoms with Crippen molar-refractivity contribution in [3.8, 4) is 67.8 Å². The number of fused-ring (bicyclic) bond motifs is 3. The molecule has 0 radical (unpaired) electrons. The zero-order valence-corrected chi connectivity index (χ0v) is 23.4. The van der Waals surface area contributed by atoms with Gasteiger partial charge in [-0.05, 0) is 51.9 Å². The number of nitrogens with zero attached hydrogens (tertiary/aromatic N) is 4. The second kappa shape index (κ2) is 10.6. The van der Waals surface area contributed by atoms with Gasteiger partial charge in [0.2, 0.25) is 0 Å². The number of hydrogen-bond donors (Lipinski definition) is 0. The fraction of sp³-hybridized carbons (Fsp3) is 0.0256. The molecule has 0 atom stereocenters. The second-order valence-electron chi connectivity index (χ2n) is 10.7. The maximum atomic E-state index is 5.15. The van der Waals surface area contributed by atoms with E-state index in [2.05, 4.69) is 72.8 Å². The summed E-state index contributed by atoms with van der Waals surface area (Å²) in [7, 11) is 0. The van der Waals surface area contributed by atoms with E-state index in [0.29, 0.717) is 23.2 Å². The molecule has 5 aromatic carbocycles. The predicted octanol–water partition coefficient (Wildman–Crippen LogP) is 9.17. The van der Waals surface area contributed by atoms with E-state index in [0.717, 1.165) is 28.8 Å². The molecule has 0 saturated heterocycles. The molecule has 1 aliphatic rings. The number of hydrogen-bond acceptors (Lipinski definition) is 4. The van der Waals surface area contributed by atoms with Crippen LogP contribution in [-0.2, 0) is 6.42 Å². The maximum absolute atomic E-state index is 5.15. The van der Waals surface area contributed by atoms with Crippen LogP contribution in [0.25, 0.3) is 67.8 Å². The third kappa shape index (κ3) is 4.59. The van der Waals surface area contributed by atoms with Crippen LogP contribution in [0.5, 0.6) is 0 Å². The van der Waals surface area contributed by atoms with E-state index >= 15 is 0 Å². The summed E-state index contributed by atoms with van der Waals surface area (Å²) in [4.78, 5) is 19.8. The van der Waals surface area contributed by atoms with E-state index in [9.17, 15) is 0 Å². The highest BCUT2D eigenvalue weighted by molar-refractivity contribution is 5.89. The van der Waals surface area contributed by atoms with Crippen molar-refractivity contribution < 1.29 is 0 Å². The Hall–Kier alpha value is -5.74. The molecule has 0 N–H and O–H groups in total. The smallest absolute Gasteiger partial charge is 0.182 e. The Labute approximate surface area is 250 Å². The van der Waals surface area contributed by atoms with E-state index in [1.165, 1.54) is 33.4 Å². The van der Waals surface area contributed by atoms with Gasteiger partial charge >= 0.3 is 0 Å². The van der Waals surface area contributed by atoms with Gasteiger partial charge in [0.15, 0.2) is 17.5 Å². The summed E-state index contributed by atoms with van der Waals surface area (Å²) < 4.78 is 0. The Morgan fingerprint density at radius 3 is 1.35 bits per heavy atom. The van der Waals surface area contributed by atoms with Crippen LogP contribution in [-0.4, -0.2) is 19.9 Å². The molecule has 43 heavy (non-hydrogen) atoms. The maximum Gasteiger partial charge on any atom is 0.182 e. The van der Waals surface area contributed by atoms with Gasteiger partial charge in [-0.25, -0.2) is 19.9 Å². The molecule has 8 rings (SSSR count). The summed E-state index contributed by atoms with van der Waals surface area (Å²) in [5, 5.41) is 0. The highest BCUT2D eigenvalue weighted by Crippen LogP contribution is 2.45. The van der Waals surface area contributed by atoms with E-state index in [1.54, 1.807) is 0 Å². The fourth-order valence-corrected chi connectivity index (χ4v) is 6.00. The molecular weight excluding hydrogens is 524 g/mol. The predicted molar refractivity (Wildman–Crippen MR) is 173 cm³/mol. The van der Waals surface area contributed by atoms with E-state index < -0.39 is 0 Å². The van der Waals surface area contributed by atoms with Crippen LogP contribution in [0.4, 0.5) is 0 Å². The lowest BCUT2D eigenvalue weighted by molar-refractivity contribution is 1.06. The average Bonchev–Trinajstić information content (AvgIpc) is 3.48. The summed E-state index contributed by atoms with van der Waals surface area (Å²) in [6.07, 6.45) is 0.861. The monoisotopic (exact) mass is 550 g/mol. The van der Waals surface area contributed by atoms with Crippen molar-refractivity contribution >= 4 is 0 Å². The molecule has 0 amide bonds. The summed E-state index contributed by atoms with van der Waals surface area (Å²) in [5.74, 6) is 1.80. The van der Waals surface area contributed by atoms with Gasteiger partial charge in [-0.1, -0.05) is 133 Å². The molecule has 0 bridgehead atoms. The molecule has 0 spiro atoms. The SMILES string of the molecule is c1ccc(-c2nc(-c3ccccc3)nc(-c3cccc(-c4cccc5c4Cc4c(-c6ccccc6)cccc4-5)n3)n2)cc1. The van der Waals surface area contributed by atoms with Gasteiger partial charge in [-0.2, -0.15) is 0 Å². The van der Waals surface area contributed by atoms with E-state index in [-0.39, 0.29) is 0 Å². The van der Waals surface area contributed by atoms with Crippen molar-refractivity contribution in [1.29, 1.82) is 0 Å². The molecule has 7 aromatic rings. The zero-order valence-electron chi connectivity index (χ0n) is 23.4. The zero-order chi connectivity index (χ0) is 28.6. The van der Waals surface area contributed by atoms with Crippen LogP contribution >= 0.6 is 0 Å². The molecule has 2 heterocycles. The standard InChI is InChI=1S/C39H26N4/c1-4-13-26(14-5-1)29-19-10-20-30-31-21-11-22-32(34(31)25-33(29)30)35-23-12-24-36(40-35)39-42-37(27-15-6-2-7-16-27)41-38(43-39)28-17-8-3-9-18-28/h1-24H,25H2. The van der Waals surface area contributed by atoms with Gasteiger partial charge in [0.05, 0.1) is 5.69 Å². The van der Waals surface area contributed by atoms with Crippen molar-refractivity contribution in [3.05, 3.63) is 157 Å². The normalized spacial score (nSPS) is 11.6. The summed E-state index contributed by atoms with van der Waals surface area (Å²) in [6, 6.07) is 50.0. The Kier molecular flexibility index (Phi) is 6.16. The number of benzene rings is 5. The first kappa shape index (κ1) is 25.0. The van der Waals surface area contributed by atoms with Crippen LogP contribution in [0, 0.1) is 0 Å². The molecule has 0 saturated carbocycles. The molecule has 4 heteroatoms. The van der Waals surface area contributed by atoms with Gasteiger partial charge in [-0.3, -0.25) is 0 Å². The highest BCUT2D eigenvalue weighted by atomic mass is 15.0. The fourth-order valence-electron chi connectivity index (χ4n) is 6.00. The summed E-state index contributed by atoms with van der Waals surface area (Å²) >= 11 is 0. The topological polar surface area (TPSA) is 51.6 Å². The Morgan fingerprint density at radius 1 is 0.302 bits per heavy atom. The largest absolute Gasteiger partial charge is 0.244 e. The first-order valence-electron chi connectivity index (χ1n) is 14.5. The van der Waals surface area contributed by atoms with Crippen LogP contribution in [0.3, 0.4) is 0 Å². The molecule has 4 nitrogen and oxygen atoms in total. The Bertz CT molecular complexity index is 2030. The summed E-state index contributed by atoms with van der Waals surface area (Å²) in [5.41, 5.74) is 12.4. The van der Waals surface area contributed by atoms with Gasteiger partial charge < -0.3 is 0 Å². The minimum atomic E-state index is 0.553. The molecule has 0 unspecified atom stereocenters. The summed E-state index contributed by atoms with van der Waals surface area (Å²) in [6.45, 7) is 0. The van der Waals surface area contributed by atoms with Crippen molar-refractivity contribution in [3.63, 3.8) is 0 Å². The van der Waals surface area contributed by atoms with Gasteiger partial charge in [0, 0.05) is 16.7 Å². The lowest BCUT2D eigenvalue weighted by atomic mass is 9.96. The van der Waals surface area contributed by atoms with Crippen molar-refractivity contribution in [1.82, 2.24) is 19.9 Å². The quantitative estimate of drug-likeness (QED) is 0.214. The first-order chi connectivity index (χ1) is 21.3. The number of rotatable bonds is 5. The number of aromatic nitrogens is 4. The van der Waals surface area contributed by atoms with Gasteiger partial charge in [0.1, 0.15) is 5.69 Å². The first-order valence-corrected chi connectivity index (χ1v) is 14.5. The van der Waals surface area contributed by atoms with Crippen molar-refractivity contribution in [2.24, 2.45) is 0 Å². The third-order valence-corrected chi connectivity index (χ3v) is 8.03. The molecule has 0 fully saturated rings. The number of pyridine rings is 1. The molecule has 1 aliphatic carbocycles. The molecule has 202 valence electrons. The van der Waals surface area contributed by atoms with Crippen LogP contribution in [0.15, 0.2) is 146 Å². The van der Waals surface area contributed by atoms with Crippen LogP contribution in [0.1, 0.15) is 11.1 Å². The minimum absolute atomic E-state index is 0.553. The lowest BCUT2D eigenvalue weighted by Crippen LogP contribution is -2.01. The molecular formula is C39H26N4. The Balaban J connectivity index is 1.23. The van der Waals surface area contributed by atoms with Gasteiger partial charge in [0.25, 0.3) is 0 Å². The van der Waals surface area contributed by atoms with E-state index in [1.807, 2.05) is 72.8 Å². The molecule has 2 aromatic heterocycles. The Morgan fingerprint density at radius 2 is 0.744 bits per heavy atom. The van der Waals surface area contributed by atoms with Gasteiger partial charge in [-0.15, -0.1) is 0 Å². The molecule has 0 aliphatic heterocycles. The third-order valence-electron chi connectivity index (χ3n) is 8.03. The van der Waals surface area contributed by atoms with Crippen molar-refractivity contribution in [2.75, 3.05) is 0 Å². The van der Waals surface area contributed by atoms with Crippen molar-refractivity contribution in [2.45, 2.75) is 6.42 Å². The van der Waals surface area contributed by atoms with E-state index in [4.69, 9.17) is 19.9 Å². The minimum Gasteiger partial charge on any atom is -0.244 e. The average molecular weight is 551 g/mol.